The number of hydrogen-bond donors (Lipinski definition) is 2. The number of aliphatic imine (C=N–C) groups is 1. The average molecular weight is 560 g/mol. The zero-order valence-electron chi connectivity index (χ0n) is 15.9. The molecule has 2 rings (SSSR count). The van der Waals surface area contributed by atoms with E-state index in [4.69, 9.17) is 0 Å². The number of benzene rings is 1. The molecule has 0 saturated carbocycles. The maximum atomic E-state index is 12.6. The van der Waals surface area contributed by atoms with Gasteiger partial charge in [0.1, 0.15) is 0 Å². The molecule has 0 bridgehead atoms. The Labute approximate surface area is 192 Å². The second kappa shape index (κ2) is 13.2. The summed E-state index contributed by atoms with van der Waals surface area (Å²) in [5.41, 5.74) is 0.172. The third kappa shape index (κ3) is 9.90. The van der Waals surface area contributed by atoms with Crippen LogP contribution in [0.25, 0.3) is 0 Å². The summed E-state index contributed by atoms with van der Waals surface area (Å²) < 4.78 is 49.8. The molecule has 0 aliphatic carbocycles. The highest BCUT2D eigenvalue weighted by atomic mass is 127. The Kier molecular flexibility index (Phi) is 11.7. The molecule has 1 aromatic heterocycles. The molecule has 1 unspecified atom stereocenters. The van der Waals surface area contributed by atoms with Crippen LogP contribution in [0.3, 0.4) is 0 Å². The minimum absolute atomic E-state index is 0. The molecule has 1 aromatic carbocycles. The number of rotatable bonds is 9. The molecule has 2 N–H and O–H groups in total. The molecule has 0 saturated heterocycles. The lowest BCUT2D eigenvalue weighted by Gasteiger charge is -2.10. The lowest BCUT2D eigenvalue weighted by molar-refractivity contribution is -0.140. The zero-order chi connectivity index (χ0) is 20.4. The van der Waals surface area contributed by atoms with E-state index in [0.29, 0.717) is 48.5 Å². The Morgan fingerprint density at radius 1 is 1.24 bits per heavy atom. The van der Waals surface area contributed by atoms with E-state index in [-0.39, 0.29) is 24.0 Å². The highest BCUT2D eigenvalue weighted by Gasteiger charge is 2.33. The minimum Gasteiger partial charge on any atom is -0.357 e. The van der Waals surface area contributed by atoms with Crippen molar-refractivity contribution in [2.24, 2.45) is 4.99 Å². The van der Waals surface area contributed by atoms with Gasteiger partial charge in [-0.1, -0.05) is 30.3 Å². The molecule has 2 aromatic rings. The van der Waals surface area contributed by atoms with Gasteiger partial charge in [-0.3, -0.25) is 9.20 Å². The summed E-state index contributed by atoms with van der Waals surface area (Å²) in [6, 6.07) is 9.63. The van der Waals surface area contributed by atoms with Gasteiger partial charge in [-0.05, 0) is 12.5 Å². The third-order valence-corrected chi connectivity index (χ3v) is 5.78. The molecule has 0 fully saturated rings. The Balaban J connectivity index is 0.00000420. The van der Waals surface area contributed by atoms with Crippen LogP contribution in [0.4, 0.5) is 13.2 Å². The van der Waals surface area contributed by atoms with Crippen LogP contribution >= 0.6 is 35.3 Å². The lowest BCUT2D eigenvalue weighted by Crippen LogP contribution is -2.38. The SMILES string of the molecule is CCNC(=NCCS(=O)Cc1ccccc1)NCCc1nc(C(F)(F)F)cs1.I. The van der Waals surface area contributed by atoms with E-state index in [9.17, 15) is 17.4 Å². The maximum absolute atomic E-state index is 12.6. The van der Waals surface area contributed by atoms with Gasteiger partial charge in [0.25, 0.3) is 0 Å². The second-order valence-electron chi connectivity index (χ2n) is 5.84. The van der Waals surface area contributed by atoms with Crippen molar-refractivity contribution in [3.05, 3.63) is 52.0 Å². The van der Waals surface area contributed by atoms with Gasteiger partial charge in [0.15, 0.2) is 11.7 Å². The van der Waals surface area contributed by atoms with Gasteiger partial charge in [-0.2, -0.15) is 13.2 Å². The van der Waals surface area contributed by atoms with Gasteiger partial charge in [-0.25, -0.2) is 4.98 Å². The van der Waals surface area contributed by atoms with Gasteiger partial charge in [0, 0.05) is 47.2 Å². The lowest BCUT2D eigenvalue weighted by atomic mass is 10.2. The molecule has 0 aliphatic heterocycles. The average Bonchev–Trinajstić information content (AvgIpc) is 3.12. The maximum Gasteiger partial charge on any atom is 0.434 e. The Morgan fingerprint density at radius 2 is 1.97 bits per heavy atom. The van der Waals surface area contributed by atoms with Crippen molar-refractivity contribution in [2.75, 3.05) is 25.4 Å². The van der Waals surface area contributed by atoms with Crippen molar-refractivity contribution in [3.63, 3.8) is 0 Å². The standard InChI is InChI=1S/C18H23F3N4OS2.HI/c1-2-22-17(23-9-8-16-25-15(12-27-16)18(19,20)21)24-10-11-28(26)13-14-6-4-3-5-7-14;/h3-7,12H,2,8-11,13H2,1H3,(H2,22,23,24);1H. The van der Waals surface area contributed by atoms with E-state index in [0.717, 1.165) is 22.3 Å². The van der Waals surface area contributed by atoms with Crippen LogP contribution in [0.5, 0.6) is 0 Å². The fraction of sp³-hybridized carbons (Fsp3) is 0.444. The van der Waals surface area contributed by atoms with E-state index >= 15 is 0 Å². The van der Waals surface area contributed by atoms with Crippen molar-refractivity contribution < 1.29 is 17.4 Å². The molecule has 5 nitrogen and oxygen atoms in total. The summed E-state index contributed by atoms with van der Waals surface area (Å²) in [4.78, 5) is 7.98. The highest BCUT2D eigenvalue weighted by molar-refractivity contribution is 14.0. The second-order valence-corrected chi connectivity index (χ2v) is 8.35. The van der Waals surface area contributed by atoms with E-state index in [2.05, 4.69) is 20.6 Å². The fourth-order valence-corrected chi connectivity index (χ4v) is 4.09. The van der Waals surface area contributed by atoms with Gasteiger partial charge in [0.05, 0.1) is 11.6 Å². The predicted molar refractivity (Wildman–Crippen MR) is 123 cm³/mol. The van der Waals surface area contributed by atoms with E-state index < -0.39 is 22.7 Å². The van der Waals surface area contributed by atoms with Crippen molar-refractivity contribution in [1.82, 2.24) is 15.6 Å². The van der Waals surface area contributed by atoms with Crippen LogP contribution in [0.1, 0.15) is 23.2 Å². The summed E-state index contributed by atoms with van der Waals surface area (Å²) in [7, 11) is -1.01. The first kappa shape index (κ1) is 25.8. The summed E-state index contributed by atoms with van der Waals surface area (Å²) in [5, 5.41) is 7.57. The molecule has 0 spiro atoms. The van der Waals surface area contributed by atoms with Gasteiger partial charge >= 0.3 is 6.18 Å². The van der Waals surface area contributed by atoms with Crippen molar-refractivity contribution in [2.45, 2.75) is 25.3 Å². The summed E-state index contributed by atoms with van der Waals surface area (Å²) in [5.74, 6) is 1.48. The largest absolute Gasteiger partial charge is 0.434 e. The van der Waals surface area contributed by atoms with Gasteiger partial charge in [0.2, 0.25) is 0 Å². The summed E-state index contributed by atoms with van der Waals surface area (Å²) in [6.45, 7) is 3.36. The van der Waals surface area contributed by atoms with Crippen molar-refractivity contribution in [1.29, 1.82) is 0 Å². The molecule has 162 valence electrons. The first-order valence-electron chi connectivity index (χ1n) is 8.81. The predicted octanol–water partition coefficient (Wildman–Crippen LogP) is 3.83. The third-order valence-electron chi connectivity index (χ3n) is 3.58. The first-order valence-corrected chi connectivity index (χ1v) is 11.2. The molecule has 29 heavy (non-hydrogen) atoms. The van der Waals surface area contributed by atoms with Crippen LogP contribution in [-0.4, -0.2) is 40.5 Å². The zero-order valence-corrected chi connectivity index (χ0v) is 19.8. The van der Waals surface area contributed by atoms with Crippen LogP contribution in [0, 0.1) is 0 Å². The van der Waals surface area contributed by atoms with Gasteiger partial charge < -0.3 is 10.6 Å². The number of aromatic nitrogens is 1. The topological polar surface area (TPSA) is 66.4 Å². The quantitative estimate of drug-likeness (QED) is 0.278. The number of hydrogen-bond acceptors (Lipinski definition) is 4. The number of nitrogens with zero attached hydrogens (tertiary/aromatic N) is 2. The molecule has 0 amide bonds. The van der Waals surface area contributed by atoms with Crippen LogP contribution in [0.2, 0.25) is 0 Å². The van der Waals surface area contributed by atoms with Crippen LogP contribution in [-0.2, 0) is 29.1 Å². The summed E-state index contributed by atoms with van der Waals surface area (Å²) in [6.07, 6.45) is -4.04. The molecule has 1 heterocycles. The van der Waals surface area contributed by atoms with Crippen molar-refractivity contribution >= 4 is 52.1 Å². The molecule has 0 aliphatic rings. The van der Waals surface area contributed by atoms with E-state index in [1.54, 1.807) is 0 Å². The Bertz CT molecular complexity index is 785. The number of halogens is 4. The molecular weight excluding hydrogens is 536 g/mol. The smallest absolute Gasteiger partial charge is 0.357 e. The van der Waals surface area contributed by atoms with Crippen LogP contribution in [0.15, 0.2) is 40.7 Å². The first-order chi connectivity index (χ1) is 13.4. The van der Waals surface area contributed by atoms with Crippen LogP contribution < -0.4 is 10.6 Å². The normalized spacial score (nSPS) is 12.9. The Hall–Kier alpha value is -1.21. The molecular formula is C18H24F3IN4OS2. The monoisotopic (exact) mass is 560 g/mol. The summed E-state index contributed by atoms with van der Waals surface area (Å²) >= 11 is 0.992. The molecule has 0 radical (unpaired) electrons. The number of thiazole rings is 1. The number of alkyl halides is 3. The fourth-order valence-electron chi connectivity index (χ4n) is 2.28. The molecule has 1 atom stereocenters. The van der Waals surface area contributed by atoms with Crippen molar-refractivity contribution in [3.8, 4) is 0 Å². The minimum atomic E-state index is -4.41. The van der Waals surface area contributed by atoms with E-state index in [1.165, 1.54) is 0 Å². The van der Waals surface area contributed by atoms with E-state index in [1.807, 2.05) is 37.3 Å². The van der Waals surface area contributed by atoms with Gasteiger partial charge in [-0.15, -0.1) is 35.3 Å². The molecule has 11 heteroatoms. The number of nitrogens with one attached hydrogen (secondary N) is 2. The Morgan fingerprint density at radius 3 is 2.59 bits per heavy atom. The number of guanidine groups is 1. The highest BCUT2D eigenvalue weighted by Crippen LogP contribution is 2.29.